The fourth-order valence-corrected chi connectivity index (χ4v) is 0. The summed E-state index contributed by atoms with van der Waals surface area (Å²) in [4.78, 5) is 0. The predicted molar refractivity (Wildman–Crippen MR) is 49.2 cm³/mol. The van der Waals surface area contributed by atoms with E-state index < -0.39 is 0 Å². The largest absolute Gasteiger partial charge is 0.147 e. The van der Waals surface area contributed by atoms with Crippen molar-refractivity contribution in [1.29, 1.82) is 0 Å². The maximum atomic E-state index is 0. The summed E-state index contributed by atoms with van der Waals surface area (Å²) in [5.74, 6) is 0. The van der Waals surface area contributed by atoms with E-state index in [2.05, 4.69) is 0 Å². The van der Waals surface area contributed by atoms with Gasteiger partial charge < -0.3 is 0 Å². The van der Waals surface area contributed by atoms with Gasteiger partial charge in [-0.15, -0.1) is 74.4 Å². The van der Waals surface area contributed by atoms with Crippen molar-refractivity contribution in [1.82, 2.24) is 0 Å². The van der Waals surface area contributed by atoms with Crippen molar-refractivity contribution in [3.05, 3.63) is 0 Å². The molecule has 0 aliphatic carbocycles. The van der Waals surface area contributed by atoms with E-state index in [0.717, 1.165) is 0 Å². The van der Waals surface area contributed by atoms with Crippen molar-refractivity contribution in [3.8, 4) is 0 Å². The minimum Gasteiger partial charge on any atom is -0.147 e. The Morgan fingerprint density at radius 1 is 0.286 bits per heavy atom. The molecular formula is H6AlCl6. The molecule has 0 aliphatic heterocycles. The summed E-state index contributed by atoms with van der Waals surface area (Å²) in [6, 6.07) is 0. The quantitative estimate of drug-likeness (QED) is 0.574. The molecule has 3 radical (unpaired) electrons. The van der Waals surface area contributed by atoms with Crippen molar-refractivity contribution < 1.29 is 0 Å². The first kappa shape index (κ1) is 123. The minimum atomic E-state index is 0. The molecule has 7 heteroatoms. The van der Waals surface area contributed by atoms with Gasteiger partial charge in [0.15, 0.2) is 0 Å². The van der Waals surface area contributed by atoms with Gasteiger partial charge in [-0.3, -0.25) is 0 Å². The molecule has 0 atom stereocenters. The van der Waals surface area contributed by atoms with E-state index in [9.17, 15) is 0 Å². The van der Waals surface area contributed by atoms with Gasteiger partial charge in [0, 0.05) is 17.4 Å². The van der Waals surface area contributed by atoms with Gasteiger partial charge in [0.25, 0.3) is 0 Å². The van der Waals surface area contributed by atoms with Crippen LogP contribution in [0.5, 0.6) is 0 Å². The molecule has 0 nitrogen and oxygen atoms in total. The van der Waals surface area contributed by atoms with Crippen molar-refractivity contribution >= 4 is 91.8 Å². The Morgan fingerprint density at radius 3 is 0.286 bits per heavy atom. The highest BCUT2D eigenvalue weighted by Gasteiger charge is 0.0000424. The van der Waals surface area contributed by atoms with E-state index in [4.69, 9.17) is 0 Å². The van der Waals surface area contributed by atoms with Gasteiger partial charge in [0.2, 0.25) is 0 Å². The Labute approximate surface area is 91.2 Å². The third-order valence-electron chi connectivity index (χ3n) is 0. The lowest BCUT2D eigenvalue weighted by atomic mass is 27.0. The second-order valence-corrected chi connectivity index (χ2v) is 0. The summed E-state index contributed by atoms with van der Waals surface area (Å²) in [5.41, 5.74) is 0. The first-order chi connectivity index (χ1) is 0. The van der Waals surface area contributed by atoms with Crippen LogP contribution in [0.4, 0.5) is 0 Å². The highest BCUT2D eigenvalue weighted by atomic mass is 35.5. The van der Waals surface area contributed by atoms with Crippen molar-refractivity contribution in [2.45, 2.75) is 0 Å². The fraction of sp³-hybridized carbons (Fsp3) is 0. The summed E-state index contributed by atoms with van der Waals surface area (Å²) >= 11 is 0. The van der Waals surface area contributed by atoms with E-state index >= 15 is 0 Å². The molecule has 0 aliphatic rings. The lowest BCUT2D eigenvalue weighted by Gasteiger charge is -0.148. The predicted octanol–water partition coefficient (Wildman–Crippen LogP) is 2.15. The van der Waals surface area contributed by atoms with Gasteiger partial charge in [-0.05, 0) is 0 Å². The van der Waals surface area contributed by atoms with Crippen LogP contribution in [0.25, 0.3) is 0 Å². The molecule has 7 heavy (non-hydrogen) atoms. The van der Waals surface area contributed by atoms with Gasteiger partial charge in [0.05, 0.1) is 0 Å². The van der Waals surface area contributed by atoms with E-state index in [1.807, 2.05) is 0 Å². The molecule has 0 rings (SSSR count). The summed E-state index contributed by atoms with van der Waals surface area (Å²) in [7, 11) is 0. The number of rotatable bonds is 0. The van der Waals surface area contributed by atoms with Gasteiger partial charge >= 0.3 is 0 Å². The molecule has 0 aromatic rings. The van der Waals surface area contributed by atoms with Crippen molar-refractivity contribution in [2.75, 3.05) is 0 Å². The monoisotopic (exact) mass is 243 g/mol. The van der Waals surface area contributed by atoms with Crippen molar-refractivity contribution in [2.24, 2.45) is 0 Å². The molecule has 0 unspecified atom stereocenters. The van der Waals surface area contributed by atoms with E-state index in [1.165, 1.54) is 0 Å². The fourth-order valence-electron chi connectivity index (χ4n) is 0. The van der Waals surface area contributed by atoms with E-state index in [1.54, 1.807) is 0 Å². The zero-order chi connectivity index (χ0) is 0. The topological polar surface area (TPSA) is 0 Å². The molecule has 0 bridgehead atoms. The summed E-state index contributed by atoms with van der Waals surface area (Å²) in [5, 5.41) is 0. The molecule has 0 saturated carbocycles. The van der Waals surface area contributed by atoms with Crippen molar-refractivity contribution in [3.63, 3.8) is 0 Å². The average Bonchev–Trinajstić information content (AvgIpc) is 0. The Morgan fingerprint density at radius 2 is 0.286 bits per heavy atom. The van der Waals surface area contributed by atoms with Crippen LogP contribution in [-0.4, -0.2) is 17.4 Å². The summed E-state index contributed by atoms with van der Waals surface area (Å²) in [6.07, 6.45) is 0. The SMILES string of the molecule is Cl.Cl.Cl.Cl.Cl.Cl.[Al]. The maximum absolute atomic E-state index is 0. The van der Waals surface area contributed by atoms with E-state index in [0.29, 0.717) is 0 Å². The van der Waals surface area contributed by atoms with Crippen LogP contribution in [0.3, 0.4) is 0 Å². The molecule has 51 valence electrons. The zero-order valence-corrected chi connectivity index (χ0v) is 9.08. The molecule has 0 heterocycles. The summed E-state index contributed by atoms with van der Waals surface area (Å²) < 4.78 is 0. The Balaban J connectivity index is 0. The lowest BCUT2D eigenvalue weighted by molar-refractivity contribution is 5.75. The highest BCUT2D eigenvalue weighted by molar-refractivity contribution is 5.86. The van der Waals surface area contributed by atoms with Crippen LogP contribution in [0.1, 0.15) is 0 Å². The zero-order valence-electron chi connectivity index (χ0n) is 3.03. The highest BCUT2D eigenvalue weighted by Crippen LogP contribution is 0.695. The van der Waals surface area contributed by atoms with E-state index in [-0.39, 0.29) is 91.8 Å². The smallest absolute Gasteiger partial charge is 0 e. The van der Waals surface area contributed by atoms with Crippen LogP contribution in [0.15, 0.2) is 0 Å². The Bertz CT molecular complexity index is 4.14. The second kappa shape index (κ2) is 84.7. The first-order valence-electron chi connectivity index (χ1n) is 0. The molecule has 0 aromatic carbocycles. The molecule has 0 aromatic heterocycles. The van der Waals surface area contributed by atoms with Gasteiger partial charge in [0.1, 0.15) is 0 Å². The molecule has 0 amide bonds. The Kier molecular flexibility index (Phi) is 1490. The van der Waals surface area contributed by atoms with Crippen LogP contribution in [-0.2, 0) is 0 Å². The first-order valence-corrected chi connectivity index (χ1v) is 0. The van der Waals surface area contributed by atoms with Crippen LogP contribution in [0, 0.1) is 0 Å². The normalized spacial score (nSPS) is 0. The molecule has 0 N–H and O–H groups in total. The lowest BCUT2D eigenvalue weighted by Crippen LogP contribution is -0.381. The van der Waals surface area contributed by atoms with Gasteiger partial charge in [-0.1, -0.05) is 0 Å². The maximum Gasteiger partial charge on any atom is 0 e. The summed E-state index contributed by atoms with van der Waals surface area (Å²) in [6.45, 7) is 0. The van der Waals surface area contributed by atoms with Crippen LogP contribution >= 0.6 is 74.4 Å². The molecule has 0 fully saturated rings. The van der Waals surface area contributed by atoms with Crippen LogP contribution < -0.4 is 0 Å². The molecule has 0 spiro atoms. The second-order valence-electron chi connectivity index (χ2n) is 0. The molecular weight excluding hydrogens is 240 g/mol. The average molecular weight is 246 g/mol. The Hall–Kier alpha value is 2.27. The number of halogens is 6. The molecule has 0 saturated heterocycles. The number of hydrogen-bond acceptors (Lipinski definition) is 0. The standard InChI is InChI=1S/Al.6ClH/h;6*1H. The minimum absolute atomic E-state index is 0. The number of hydrogen-bond donors (Lipinski definition) is 0. The third-order valence-corrected chi connectivity index (χ3v) is 0. The van der Waals surface area contributed by atoms with Crippen LogP contribution in [0.2, 0.25) is 0 Å². The third kappa shape index (κ3) is 63.0. The van der Waals surface area contributed by atoms with Gasteiger partial charge in [-0.2, -0.15) is 0 Å². The van der Waals surface area contributed by atoms with Gasteiger partial charge in [-0.25, -0.2) is 0 Å².